The van der Waals surface area contributed by atoms with Crippen molar-refractivity contribution in [1.82, 2.24) is 19.8 Å². The highest BCUT2D eigenvalue weighted by Crippen LogP contribution is 2.40. The molecule has 3 rings (SSSR count). The van der Waals surface area contributed by atoms with Crippen molar-refractivity contribution >= 4 is 11.8 Å². The van der Waals surface area contributed by atoms with Crippen LogP contribution in [0.25, 0.3) is 0 Å². The van der Waals surface area contributed by atoms with Gasteiger partial charge in [-0.3, -0.25) is 19.6 Å². The highest BCUT2D eigenvalue weighted by molar-refractivity contribution is 5.81. The van der Waals surface area contributed by atoms with Crippen LogP contribution in [0.1, 0.15) is 50.9 Å². The first-order valence-corrected chi connectivity index (χ1v) is 9.82. The van der Waals surface area contributed by atoms with E-state index in [2.05, 4.69) is 9.97 Å². The van der Waals surface area contributed by atoms with E-state index in [1.165, 1.54) is 0 Å². The molecule has 1 N–H and O–H groups in total. The highest BCUT2D eigenvalue weighted by atomic mass is 16.3. The number of aryl methyl sites for hydroxylation is 1. The number of carbonyl (C=O) groups is 2. The second kappa shape index (κ2) is 7.92. The van der Waals surface area contributed by atoms with Gasteiger partial charge in [0.15, 0.2) is 0 Å². The van der Waals surface area contributed by atoms with Gasteiger partial charge >= 0.3 is 0 Å². The largest absolute Gasteiger partial charge is 0.383 e. The maximum atomic E-state index is 12.4. The minimum atomic E-state index is -0.927. The normalized spacial score (nSPS) is 21.0. The molecule has 0 bridgehead atoms. The minimum Gasteiger partial charge on any atom is -0.383 e. The molecule has 1 aromatic heterocycles. The third kappa shape index (κ3) is 4.46. The van der Waals surface area contributed by atoms with Gasteiger partial charge in [-0.25, -0.2) is 0 Å². The van der Waals surface area contributed by atoms with Crippen LogP contribution < -0.4 is 0 Å². The van der Waals surface area contributed by atoms with Crippen LogP contribution >= 0.6 is 0 Å². The lowest BCUT2D eigenvalue weighted by Crippen LogP contribution is -2.53. The molecule has 2 aliphatic rings. The molecule has 0 aliphatic carbocycles. The summed E-state index contributed by atoms with van der Waals surface area (Å²) in [6.07, 6.45) is 5.68. The summed E-state index contributed by atoms with van der Waals surface area (Å²) in [6.45, 7) is 8.09. The number of amides is 2. The fraction of sp³-hybridized carbons (Fsp3) is 0.700. The zero-order chi connectivity index (χ0) is 19.6. The summed E-state index contributed by atoms with van der Waals surface area (Å²) in [5.41, 5.74) is 1.73. The molecule has 2 fully saturated rings. The molecular weight excluding hydrogens is 344 g/mol. The van der Waals surface area contributed by atoms with E-state index in [0.29, 0.717) is 32.6 Å². The van der Waals surface area contributed by atoms with Gasteiger partial charge in [0, 0.05) is 32.3 Å². The van der Waals surface area contributed by atoms with Gasteiger partial charge in [0.25, 0.3) is 5.91 Å². The topological polar surface area (TPSA) is 86.6 Å². The molecule has 2 aliphatic heterocycles. The van der Waals surface area contributed by atoms with Crippen LogP contribution in [0.2, 0.25) is 0 Å². The molecule has 3 heterocycles. The Morgan fingerprint density at radius 3 is 2.52 bits per heavy atom. The lowest BCUT2D eigenvalue weighted by molar-refractivity contribution is -0.148. The molecule has 7 heteroatoms. The number of rotatable bonds is 4. The lowest BCUT2D eigenvalue weighted by atomic mass is 9.72. The second-order valence-electron chi connectivity index (χ2n) is 8.41. The maximum absolute atomic E-state index is 12.4. The average Bonchev–Trinajstić information content (AvgIpc) is 2.66. The minimum absolute atomic E-state index is 0.0611. The van der Waals surface area contributed by atoms with Gasteiger partial charge in [-0.15, -0.1) is 0 Å². The predicted molar refractivity (Wildman–Crippen MR) is 101 cm³/mol. The third-order valence-corrected chi connectivity index (χ3v) is 5.96. The zero-order valence-corrected chi connectivity index (χ0v) is 16.5. The van der Waals surface area contributed by atoms with E-state index < -0.39 is 6.10 Å². The summed E-state index contributed by atoms with van der Waals surface area (Å²) in [5, 5.41) is 10.1. The molecule has 0 unspecified atom stereocenters. The summed E-state index contributed by atoms with van der Waals surface area (Å²) in [4.78, 5) is 37.1. The van der Waals surface area contributed by atoms with Crippen molar-refractivity contribution < 1.29 is 14.7 Å². The molecule has 2 saturated heterocycles. The van der Waals surface area contributed by atoms with Crippen molar-refractivity contribution in [3.63, 3.8) is 0 Å². The highest BCUT2D eigenvalue weighted by Gasteiger charge is 2.42. The Morgan fingerprint density at radius 1 is 1.22 bits per heavy atom. The van der Waals surface area contributed by atoms with Crippen LogP contribution in [-0.2, 0) is 16.1 Å². The van der Waals surface area contributed by atoms with Crippen LogP contribution in [0.3, 0.4) is 0 Å². The molecule has 0 radical (unpaired) electrons. The Balaban J connectivity index is 1.61. The number of hydrogen-bond acceptors (Lipinski definition) is 5. The SMILES string of the molecule is Cc1cnc(CN2CC3(CCC2=O)CCN(C(=O)[C@H](O)C(C)C)CC3)cn1. The van der Waals surface area contributed by atoms with Crippen LogP contribution in [0.15, 0.2) is 12.4 Å². The maximum Gasteiger partial charge on any atom is 0.251 e. The first kappa shape index (κ1) is 19.7. The van der Waals surface area contributed by atoms with Gasteiger partial charge in [0.1, 0.15) is 6.10 Å². The van der Waals surface area contributed by atoms with E-state index in [1.807, 2.05) is 25.7 Å². The summed E-state index contributed by atoms with van der Waals surface area (Å²) in [5.74, 6) is -0.0814. The summed E-state index contributed by atoms with van der Waals surface area (Å²) in [6, 6.07) is 0. The summed E-state index contributed by atoms with van der Waals surface area (Å²) < 4.78 is 0. The molecule has 7 nitrogen and oxygen atoms in total. The molecule has 2 amide bonds. The quantitative estimate of drug-likeness (QED) is 0.864. The number of aliphatic hydroxyl groups is 1. The second-order valence-corrected chi connectivity index (χ2v) is 8.41. The van der Waals surface area contributed by atoms with Gasteiger partial charge in [-0.1, -0.05) is 13.8 Å². The molecule has 1 atom stereocenters. The van der Waals surface area contributed by atoms with E-state index in [9.17, 15) is 14.7 Å². The summed E-state index contributed by atoms with van der Waals surface area (Å²) >= 11 is 0. The van der Waals surface area contributed by atoms with Crippen LogP contribution in [0, 0.1) is 18.3 Å². The van der Waals surface area contributed by atoms with Crippen molar-refractivity contribution in [3.8, 4) is 0 Å². The van der Waals surface area contributed by atoms with Crippen LogP contribution in [0.5, 0.6) is 0 Å². The van der Waals surface area contributed by atoms with Crippen molar-refractivity contribution in [2.75, 3.05) is 19.6 Å². The molecular formula is C20H30N4O3. The Hall–Kier alpha value is -2.02. The van der Waals surface area contributed by atoms with Crippen molar-refractivity contribution in [3.05, 3.63) is 23.8 Å². The predicted octanol–water partition coefficient (Wildman–Crippen LogP) is 1.53. The van der Waals surface area contributed by atoms with Crippen LogP contribution in [0.4, 0.5) is 0 Å². The fourth-order valence-corrected chi connectivity index (χ4v) is 4.02. The molecule has 27 heavy (non-hydrogen) atoms. The van der Waals surface area contributed by atoms with Crippen molar-refractivity contribution in [1.29, 1.82) is 0 Å². The average molecular weight is 374 g/mol. The van der Waals surface area contributed by atoms with Gasteiger partial charge in [0.2, 0.25) is 5.91 Å². The number of hydrogen-bond donors (Lipinski definition) is 1. The van der Waals surface area contributed by atoms with E-state index in [-0.39, 0.29) is 23.1 Å². The fourth-order valence-electron chi connectivity index (χ4n) is 4.02. The Bertz CT molecular complexity index is 681. The Kier molecular flexibility index (Phi) is 5.79. The first-order valence-electron chi connectivity index (χ1n) is 9.82. The lowest BCUT2D eigenvalue weighted by Gasteiger charge is -2.47. The Morgan fingerprint density at radius 2 is 1.93 bits per heavy atom. The van der Waals surface area contributed by atoms with Gasteiger partial charge in [-0.05, 0) is 37.5 Å². The first-order chi connectivity index (χ1) is 12.8. The van der Waals surface area contributed by atoms with E-state index >= 15 is 0 Å². The molecule has 0 aromatic carbocycles. The zero-order valence-electron chi connectivity index (χ0n) is 16.5. The molecule has 0 saturated carbocycles. The van der Waals surface area contributed by atoms with E-state index in [0.717, 1.165) is 30.7 Å². The Labute approximate surface area is 160 Å². The number of piperidine rings is 2. The van der Waals surface area contributed by atoms with Gasteiger partial charge in [-0.2, -0.15) is 0 Å². The van der Waals surface area contributed by atoms with E-state index in [1.54, 1.807) is 17.3 Å². The smallest absolute Gasteiger partial charge is 0.251 e. The number of carbonyl (C=O) groups excluding carboxylic acids is 2. The third-order valence-electron chi connectivity index (χ3n) is 5.96. The van der Waals surface area contributed by atoms with Gasteiger partial charge < -0.3 is 14.9 Å². The number of likely N-dealkylation sites (tertiary alicyclic amines) is 2. The van der Waals surface area contributed by atoms with Crippen molar-refractivity contribution in [2.45, 2.75) is 59.1 Å². The number of nitrogens with zero attached hydrogens (tertiary/aromatic N) is 4. The number of aliphatic hydroxyl groups excluding tert-OH is 1. The molecule has 1 aromatic rings. The van der Waals surface area contributed by atoms with Crippen molar-refractivity contribution in [2.24, 2.45) is 11.3 Å². The van der Waals surface area contributed by atoms with Gasteiger partial charge in [0.05, 0.1) is 24.1 Å². The van der Waals surface area contributed by atoms with E-state index in [4.69, 9.17) is 0 Å². The summed E-state index contributed by atoms with van der Waals surface area (Å²) in [7, 11) is 0. The molecule has 1 spiro atoms. The number of aromatic nitrogens is 2. The molecule has 148 valence electrons. The van der Waals surface area contributed by atoms with Crippen LogP contribution in [-0.4, -0.2) is 62.4 Å². The monoisotopic (exact) mass is 374 g/mol. The standard InChI is InChI=1S/C20H30N4O3/c1-14(2)18(26)19(27)23-8-6-20(7-9-23)5-4-17(25)24(13-20)12-16-11-21-15(3)10-22-16/h10-11,14,18,26H,4-9,12-13H2,1-3H3/t18-/m1/s1.